The summed E-state index contributed by atoms with van der Waals surface area (Å²) in [6.07, 6.45) is -0.470. The van der Waals surface area contributed by atoms with Gasteiger partial charge in [-0.1, -0.05) is 19.1 Å². The number of hydrogen-bond donors (Lipinski definition) is 1. The third kappa shape index (κ3) is 4.18. The Hall–Kier alpha value is -2.63. The van der Waals surface area contributed by atoms with Gasteiger partial charge in [0, 0.05) is 6.07 Å². The van der Waals surface area contributed by atoms with Gasteiger partial charge in [-0.2, -0.15) is 0 Å². The summed E-state index contributed by atoms with van der Waals surface area (Å²) < 4.78 is 37.3. The number of anilines is 1. The topological polar surface area (TPSA) is 47.6 Å². The van der Waals surface area contributed by atoms with Gasteiger partial charge in [-0.3, -0.25) is 4.79 Å². The van der Waals surface area contributed by atoms with Crippen molar-refractivity contribution < 1.29 is 23.0 Å². The molecule has 1 N–H and O–H groups in total. The average Bonchev–Trinajstić information content (AvgIpc) is 2.55. The number of ether oxygens (including phenoxy) is 2. The number of halogens is 2. The number of carbonyl (C=O) groups excluding carboxylic acids is 1. The number of carbonyl (C=O) groups is 1. The Bertz CT molecular complexity index is 691. The Balaban J connectivity index is 2.12. The van der Waals surface area contributed by atoms with Crippen molar-refractivity contribution in [2.45, 2.75) is 19.4 Å². The lowest BCUT2D eigenvalue weighted by molar-refractivity contribution is -0.122. The lowest BCUT2D eigenvalue weighted by Gasteiger charge is -2.19. The SMILES string of the molecule is CC[C@H](Oc1ccccc1OC)C(=O)Nc1ccc(F)cc1F. The van der Waals surface area contributed by atoms with E-state index in [-0.39, 0.29) is 5.69 Å². The molecule has 0 radical (unpaired) electrons. The van der Waals surface area contributed by atoms with Crippen molar-refractivity contribution in [1.29, 1.82) is 0 Å². The third-order valence-corrected chi connectivity index (χ3v) is 3.19. The Morgan fingerprint density at radius 1 is 1.17 bits per heavy atom. The molecule has 2 aromatic carbocycles. The highest BCUT2D eigenvalue weighted by Crippen LogP contribution is 2.27. The van der Waals surface area contributed by atoms with Gasteiger partial charge < -0.3 is 14.8 Å². The fraction of sp³-hybridized carbons (Fsp3) is 0.235. The van der Waals surface area contributed by atoms with Gasteiger partial charge >= 0.3 is 0 Å². The second-order valence-electron chi connectivity index (χ2n) is 4.78. The molecule has 23 heavy (non-hydrogen) atoms. The van der Waals surface area contributed by atoms with E-state index >= 15 is 0 Å². The van der Waals surface area contributed by atoms with Crippen molar-refractivity contribution >= 4 is 11.6 Å². The molecule has 2 rings (SSSR count). The molecule has 4 nitrogen and oxygen atoms in total. The molecular weight excluding hydrogens is 304 g/mol. The van der Waals surface area contributed by atoms with Crippen molar-refractivity contribution in [3.63, 3.8) is 0 Å². The molecular formula is C17H17F2NO3. The van der Waals surface area contributed by atoms with Crippen LogP contribution in [0.2, 0.25) is 0 Å². The standard InChI is InChI=1S/C17H17F2NO3/c1-3-14(23-16-7-5-4-6-15(16)22-2)17(21)20-13-9-8-11(18)10-12(13)19/h4-10,14H,3H2,1-2H3,(H,20,21)/t14-/m0/s1. The number of rotatable bonds is 6. The highest BCUT2D eigenvalue weighted by atomic mass is 19.1. The van der Waals surface area contributed by atoms with Crippen LogP contribution in [0.3, 0.4) is 0 Å². The van der Waals surface area contributed by atoms with E-state index in [1.54, 1.807) is 31.2 Å². The molecule has 0 bridgehead atoms. The molecule has 0 aliphatic carbocycles. The molecule has 2 aromatic rings. The van der Waals surface area contributed by atoms with Crippen molar-refractivity contribution in [2.24, 2.45) is 0 Å². The molecule has 0 heterocycles. The van der Waals surface area contributed by atoms with Crippen LogP contribution in [0.1, 0.15) is 13.3 Å². The molecule has 1 atom stereocenters. The molecule has 0 fully saturated rings. The first kappa shape index (κ1) is 16.7. The lowest BCUT2D eigenvalue weighted by atomic mass is 10.2. The summed E-state index contributed by atoms with van der Waals surface area (Å²) in [4.78, 5) is 12.2. The number of nitrogens with one attached hydrogen (secondary N) is 1. The largest absolute Gasteiger partial charge is 0.493 e. The summed E-state index contributed by atoms with van der Waals surface area (Å²) in [7, 11) is 1.50. The van der Waals surface area contributed by atoms with E-state index in [2.05, 4.69) is 5.32 Å². The van der Waals surface area contributed by atoms with Crippen LogP contribution in [-0.4, -0.2) is 19.1 Å². The van der Waals surface area contributed by atoms with Crippen molar-refractivity contribution in [2.75, 3.05) is 12.4 Å². The third-order valence-electron chi connectivity index (χ3n) is 3.19. The van der Waals surface area contributed by atoms with E-state index in [0.29, 0.717) is 24.0 Å². The predicted molar refractivity (Wildman–Crippen MR) is 82.7 cm³/mol. The molecule has 0 spiro atoms. The maximum Gasteiger partial charge on any atom is 0.265 e. The van der Waals surface area contributed by atoms with E-state index in [4.69, 9.17) is 9.47 Å². The molecule has 122 valence electrons. The zero-order valence-electron chi connectivity index (χ0n) is 12.8. The number of amides is 1. The number of para-hydroxylation sites is 2. The summed E-state index contributed by atoms with van der Waals surface area (Å²) in [5, 5.41) is 2.40. The van der Waals surface area contributed by atoms with Gasteiger partial charge in [0.25, 0.3) is 5.91 Å². The fourth-order valence-electron chi connectivity index (χ4n) is 2.00. The van der Waals surface area contributed by atoms with Crippen molar-refractivity contribution in [3.8, 4) is 11.5 Å². The highest BCUT2D eigenvalue weighted by molar-refractivity contribution is 5.94. The molecule has 6 heteroatoms. The van der Waals surface area contributed by atoms with Gasteiger partial charge in [-0.25, -0.2) is 8.78 Å². The Labute approximate surface area is 133 Å². The molecule has 0 saturated heterocycles. The van der Waals surface area contributed by atoms with Crippen LogP contribution in [0.4, 0.5) is 14.5 Å². The predicted octanol–water partition coefficient (Wildman–Crippen LogP) is 3.77. The maximum absolute atomic E-state index is 13.6. The van der Waals surface area contributed by atoms with E-state index < -0.39 is 23.6 Å². The zero-order valence-corrected chi connectivity index (χ0v) is 12.8. The fourth-order valence-corrected chi connectivity index (χ4v) is 2.00. The van der Waals surface area contributed by atoms with E-state index in [9.17, 15) is 13.6 Å². The molecule has 0 aromatic heterocycles. The Morgan fingerprint density at radius 2 is 1.87 bits per heavy atom. The maximum atomic E-state index is 13.6. The Morgan fingerprint density at radius 3 is 2.48 bits per heavy atom. The summed E-state index contributed by atoms with van der Waals surface area (Å²) >= 11 is 0. The van der Waals surface area contributed by atoms with Gasteiger partial charge in [0.15, 0.2) is 17.6 Å². The normalized spacial score (nSPS) is 11.7. The van der Waals surface area contributed by atoms with E-state index in [0.717, 1.165) is 6.07 Å². The first-order valence-corrected chi connectivity index (χ1v) is 7.10. The molecule has 0 aliphatic heterocycles. The monoisotopic (exact) mass is 321 g/mol. The second kappa shape index (κ2) is 7.58. The van der Waals surface area contributed by atoms with Crippen LogP contribution >= 0.6 is 0 Å². The minimum atomic E-state index is -0.842. The van der Waals surface area contributed by atoms with E-state index in [1.807, 2.05) is 0 Å². The van der Waals surface area contributed by atoms with E-state index in [1.165, 1.54) is 13.2 Å². The van der Waals surface area contributed by atoms with Crippen LogP contribution in [0.5, 0.6) is 11.5 Å². The van der Waals surface area contributed by atoms with Crippen LogP contribution in [0, 0.1) is 11.6 Å². The van der Waals surface area contributed by atoms with Gasteiger partial charge in [0.05, 0.1) is 12.8 Å². The molecule has 0 unspecified atom stereocenters. The van der Waals surface area contributed by atoms with Crippen LogP contribution in [0.25, 0.3) is 0 Å². The van der Waals surface area contributed by atoms with Crippen LogP contribution < -0.4 is 14.8 Å². The summed E-state index contributed by atoms with van der Waals surface area (Å²) in [6.45, 7) is 1.76. The highest BCUT2D eigenvalue weighted by Gasteiger charge is 2.21. The van der Waals surface area contributed by atoms with Gasteiger partial charge in [0.2, 0.25) is 0 Å². The van der Waals surface area contributed by atoms with Gasteiger partial charge in [-0.15, -0.1) is 0 Å². The minimum absolute atomic E-state index is 0.0986. The van der Waals surface area contributed by atoms with Gasteiger partial charge in [0.1, 0.15) is 11.6 Å². The second-order valence-corrected chi connectivity index (χ2v) is 4.78. The number of methoxy groups -OCH3 is 1. The average molecular weight is 321 g/mol. The first-order chi connectivity index (χ1) is 11.0. The summed E-state index contributed by atoms with van der Waals surface area (Å²) in [5.74, 6) is -1.17. The zero-order chi connectivity index (χ0) is 16.8. The molecule has 0 aliphatic rings. The van der Waals surface area contributed by atoms with Gasteiger partial charge in [-0.05, 0) is 30.7 Å². The van der Waals surface area contributed by atoms with Crippen LogP contribution in [-0.2, 0) is 4.79 Å². The number of hydrogen-bond acceptors (Lipinski definition) is 3. The quantitative estimate of drug-likeness (QED) is 0.881. The molecule has 0 saturated carbocycles. The van der Waals surface area contributed by atoms with Crippen LogP contribution in [0.15, 0.2) is 42.5 Å². The lowest BCUT2D eigenvalue weighted by Crippen LogP contribution is -2.32. The first-order valence-electron chi connectivity index (χ1n) is 7.10. The number of benzene rings is 2. The minimum Gasteiger partial charge on any atom is -0.493 e. The van der Waals surface area contributed by atoms with Crippen molar-refractivity contribution in [3.05, 3.63) is 54.1 Å². The molecule has 1 amide bonds. The Kier molecular flexibility index (Phi) is 5.51. The smallest absolute Gasteiger partial charge is 0.265 e. The summed E-state index contributed by atoms with van der Waals surface area (Å²) in [6, 6.07) is 9.85. The summed E-state index contributed by atoms with van der Waals surface area (Å²) in [5.41, 5.74) is -0.0986. The van der Waals surface area contributed by atoms with Crippen molar-refractivity contribution in [1.82, 2.24) is 0 Å².